The zero-order chi connectivity index (χ0) is 15.1. The maximum atomic E-state index is 14.5. The van der Waals surface area contributed by atoms with Crippen molar-refractivity contribution >= 4 is 5.69 Å². The summed E-state index contributed by atoms with van der Waals surface area (Å²) in [6.07, 6.45) is 7.30. The van der Waals surface area contributed by atoms with Gasteiger partial charge >= 0.3 is 0 Å². The van der Waals surface area contributed by atoms with Crippen LogP contribution in [0, 0.1) is 5.82 Å². The molecule has 3 heteroatoms. The fourth-order valence-corrected chi connectivity index (χ4v) is 3.16. The molecule has 1 N–H and O–H groups in total. The second-order valence-corrected chi connectivity index (χ2v) is 6.11. The van der Waals surface area contributed by atoms with E-state index in [1.54, 1.807) is 6.07 Å². The van der Waals surface area contributed by atoms with Crippen molar-refractivity contribution in [1.82, 2.24) is 5.32 Å². The largest absolute Gasteiger partial charge is 0.369 e. The molecular weight excluding hydrogens is 263 g/mol. The van der Waals surface area contributed by atoms with Crippen LogP contribution in [0.15, 0.2) is 18.2 Å². The first kappa shape index (κ1) is 16.3. The van der Waals surface area contributed by atoms with Gasteiger partial charge in [-0.15, -0.1) is 0 Å². The summed E-state index contributed by atoms with van der Waals surface area (Å²) in [7, 11) is 0. The fourth-order valence-electron chi connectivity index (χ4n) is 3.16. The third-order valence-corrected chi connectivity index (χ3v) is 4.36. The monoisotopic (exact) mass is 292 g/mol. The predicted octanol–water partition coefficient (Wildman–Crippen LogP) is 4.66. The van der Waals surface area contributed by atoms with Gasteiger partial charge in [0.05, 0.1) is 5.69 Å². The molecule has 0 aromatic heterocycles. The Morgan fingerprint density at radius 1 is 1.14 bits per heavy atom. The first-order valence-corrected chi connectivity index (χ1v) is 8.50. The van der Waals surface area contributed by atoms with Crippen molar-refractivity contribution in [3.63, 3.8) is 0 Å². The Labute approximate surface area is 128 Å². The molecule has 2 rings (SSSR count). The molecule has 2 nitrogen and oxygen atoms in total. The third kappa shape index (κ3) is 4.44. The molecule has 0 amide bonds. The van der Waals surface area contributed by atoms with Gasteiger partial charge in [-0.05, 0) is 44.4 Å². The Morgan fingerprint density at radius 2 is 1.81 bits per heavy atom. The molecule has 1 aromatic rings. The van der Waals surface area contributed by atoms with Crippen LogP contribution in [0.25, 0.3) is 0 Å². The topological polar surface area (TPSA) is 15.3 Å². The van der Waals surface area contributed by atoms with Gasteiger partial charge in [0, 0.05) is 19.1 Å². The lowest BCUT2D eigenvalue weighted by Crippen LogP contribution is -2.30. The molecule has 21 heavy (non-hydrogen) atoms. The van der Waals surface area contributed by atoms with Crippen molar-refractivity contribution in [2.75, 3.05) is 24.5 Å². The SMILES string of the molecule is CCCNC(C)c1cccc(F)c1N1CCCCCCC1. The van der Waals surface area contributed by atoms with E-state index in [-0.39, 0.29) is 11.9 Å². The molecule has 1 fully saturated rings. The van der Waals surface area contributed by atoms with E-state index >= 15 is 0 Å². The second kappa shape index (κ2) is 8.38. The highest BCUT2D eigenvalue weighted by Gasteiger charge is 2.19. The van der Waals surface area contributed by atoms with Gasteiger partial charge in [-0.25, -0.2) is 4.39 Å². The van der Waals surface area contributed by atoms with Crippen LogP contribution in [0.1, 0.15) is 64.0 Å². The number of rotatable bonds is 5. The number of nitrogens with zero attached hydrogens (tertiary/aromatic N) is 1. The van der Waals surface area contributed by atoms with Gasteiger partial charge in [0.2, 0.25) is 0 Å². The van der Waals surface area contributed by atoms with Crippen LogP contribution in [-0.2, 0) is 0 Å². The van der Waals surface area contributed by atoms with E-state index in [2.05, 4.69) is 30.1 Å². The highest BCUT2D eigenvalue weighted by molar-refractivity contribution is 5.56. The van der Waals surface area contributed by atoms with Crippen LogP contribution in [0.2, 0.25) is 0 Å². The van der Waals surface area contributed by atoms with Crippen LogP contribution < -0.4 is 10.2 Å². The van der Waals surface area contributed by atoms with E-state index < -0.39 is 0 Å². The van der Waals surface area contributed by atoms with Crippen molar-refractivity contribution in [2.45, 2.75) is 58.4 Å². The fraction of sp³-hybridized carbons (Fsp3) is 0.667. The maximum absolute atomic E-state index is 14.5. The number of hydrogen-bond donors (Lipinski definition) is 1. The van der Waals surface area contributed by atoms with Gasteiger partial charge < -0.3 is 10.2 Å². The summed E-state index contributed by atoms with van der Waals surface area (Å²) in [6, 6.07) is 5.71. The molecule has 0 radical (unpaired) electrons. The molecular formula is C18H29FN2. The molecule has 1 aliphatic rings. The highest BCUT2D eigenvalue weighted by Crippen LogP contribution is 2.31. The van der Waals surface area contributed by atoms with Crippen molar-refractivity contribution in [3.05, 3.63) is 29.6 Å². The zero-order valence-corrected chi connectivity index (χ0v) is 13.5. The Morgan fingerprint density at radius 3 is 2.48 bits per heavy atom. The van der Waals surface area contributed by atoms with Crippen LogP contribution in [0.4, 0.5) is 10.1 Å². The number of anilines is 1. The Hall–Kier alpha value is -1.09. The normalized spacial score (nSPS) is 18.1. The number of nitrogens with one attached hydrogen (secondary N) is 1. The minimum Gasteiger partial charge on any atom is -0.369 e. The lowest BCUT2D eigenvalue weighted by molar-refractivity contribution is 0.531. The molecule has 1 saturated heterocycles. The van der Waals surface area contributed by atoms with E-state index in [9.17, 15) is 4.39 Å². The van der Waals surface area contributed by atoms with Gasteiger partial charge in [0.1, 0.15) is 5.82 Å². The number of hydrogen-bond acceptors (Lipinski definition) is 2. The lowest BCUT2D eigenvalue weighted by atomic mass is 10.0. The molecule has 0 aliphatic carbocycles. The van der Waals surface area contributed by atoms with Crippen molar-refractivity contribution in [3.8, 4) is 0 Å². The molecule has 1 heterocycles. The van der Waals surface area contributed by atoms with Gasteiger partial charge in [0.25, 0.3) is 0 Å². The average Bonchev–Trinajstić information content (AvgIpc) is 2.45. The molecule has 1 aromatic carbocycles. The van der Waals surface area contributed by atoms with E-state index in [4.69, 9.17) is 0 Å². The predicted molar refractivity (Wildman–Crippen MR) is 88.4 cm³/mol. The average molecular weight is 292 g/mol. The Balaban J connectivity index is 2.22. The van der Waals surface area contributed by atoms with Crippen LogP contribution >= 0.6 is 0 Å². The smallest absolute Gasteiger partial charge is 0.146 e. The van der Waals surface area contributed by atoms with Crippen LogP contribution in [-0.4, -0.2) is 19.6 Å². The summed E-state index contributed by atoms with van der Waals surface area (Å²) >= 11 is 0. The van der Waals surface area contributed by atoms with E-state index in [0.29, 0.717) is 0 Å². The summed E-state index contributed by atoms with van der Waals surface area (Å²) in [6.45, 7) is 7.22. The number of halogens is 1. The lowest BCUT2D eigenvalue weighted by Gasteiger charge is -2.31. The van der Waals surface area contributed by atoms with Gasteiger partial charge in [0.15, 0.2) is 0 Å². The first-order chi connectivity index (χ1) is 10.2. The van der Waals surface area contributed by atoms with E-state index in [1.165, 1.54) is 32.1 Å². The molecule has 1 aliphatic heterocycles. The van der Waals surface area contributed by atoms with Crippen LogP contribution in [0.3, 0.4) is 0 Å². The summed E-state index contributed by atoms with van der Waals surface area (Å²) in [5.41, 5.74) is 1.93. The summed E-state index contributed by atoms with van der Waals surface area (Å²) in [5.74, 6) is -0.0711. The summed E-state index contributed by atoms with van der Waals surface area (Å²) < 4.78 is 14.5. The van der Waals surface area contributed by atoms with Gasteiger partial charge in [-0.1, -0.05) is 38.3 Å². The highest BCUT2D eigenvalue weighted by atomic mass is 19.1. The molecule has 0 spiro atoms. The minimum atomic E-state index is -0.0711. The molecule has 1 atom stereocenters. The quantitative estimate of drug-likeness (QED) is 0.849. The number of para-hydroxylation sites is 1. The minimum absolute atomic E-state index is 0.0711. The van der Waals surface area contributed by atoms with E-state index in [1.807, 2.05) is 6.07 Å². The summed E-state index contributed by atoms with van der Waals surface area (Å²) in [5, 5.41) is 3.49. The Kier molecular flexibility index (Phi) is 6.50. The second-order valence-electron chi connectivity index (χ2n) is 6.11. The standard InChI is InChI=1S/C18H29FN2/c1-3-12-20-15(2)16-10-9-11-17(19)18(16)21-13-7-5-4-6-8-14-21/h9-11,15,20H,3-8,12-14H2,1-2H3. The van der Waals surface area contributed by atoms with Crippen LogP contribution in [0.5, 0.6) is 0 Å². The first-order valence-electron chi connectivity index (χ1n) is 8.50. The Bertz CT molecular complexity index is 425. The van der Waals surface area contributed by atoms with Crippen molar-refractivity contribution < 1.29 is 4.39 Å². The van der Waals surface area contributed by atoms with Crippen molar-refractivity contribution in [2.24, 2.45) is 0 Å². The molecule has 0 saturated carbocycles. The summed E-state index contributed by atoms with van der Waals surface area (Å²) in [4.78, 5) is 2.27. The van der Waals surface area contributed by atoms with Crippen molar-refractivity contribution in [1.29, 1.82) is 0 Å². The number of benzene rings is 1. The van der Waals surface area contributed by atoms with Gasteiger partial charge in [-0.2, -0.15) is 0 Å². The molecule has 1 unspecified atom stereocenters. The van der Waals surface area contributed by atoms with E-state index in [0.717, 1.165) is 37.3 Å². The molecule has 0 bridgehead atoms. The van der Waals surface area contributed by atoms with Gasteiger partial charge in [-0.3, -0.25) is 0 Å². The zero-order valence-electron chi connectivity index (χ0n) is 13.5. The third-order valence-electron chi connectivity index (χ3n) is 4.36. The maximum Gasteiger partial charge on any atom is 0.146 e. The molecule has 118 valence electrons.